The summed E-state index contributed by atoms with van der Waals surface area (Å²) in [7, 11) is 0. The Labute approximate surface area is 133 Å². The average Bonchev–Trinajstić information content (AvgIpc) is 3.37. The van der Waals surface area contributed by atoms with E-state index >= 15 is 0 Å². The maximum atomic E-state index is 5.70. The molecule has 4 heteroatoms. The van der Waals surface area contributed by atoms with Crippen molar-refractivity contribution in [1.82, 2.24) is 10.6 Å². The van der Waals surface area contributed by atoms with E-state index in [9.17, 15) is 0 Å². The number of hydrogen-bond acceptors (Lipinski definition) is 2. The van der Waals surface area contributed by atoms with Gasteiger partial charge in [-0.25, -0.2) is 4.99 Å². The van der Waals surface area contributed by atoms with Crippen LogP contribution in [0.4, 0.5) is 0 Å². The first kappa shape index (κ1) is 15.2. The second kappa shape index (κ2) is 8.06. The monoisotopic (exact) mass is 301 g/mol. The largest absolute Gasteiger partial charge is 0.492 e. The lowest BCUT2D eigenvalue weighted by molar-refractivity contribution is 0.328. The highest BCUT2D eigenvalue weighted by molar-refractivity contribution is 5.80. The summed E-state index contributed by atoms with van der Waals surface area (Å²) in [4.78, 5) is 4.68. The minimum atomic E-state index is 0.591. The molecular weight excluding hydrogens is 274 g/mol. The Bertz CT molecular complexity index is 464. The van der Waals surface area contributed by atoms with Crippen molar-refractivity contribution in [2.75, 3.05) is 13.2 Å². The summed E-state index contributed by atoms with van der Waals surface area (Å²) >= 11 is 0. The predicted molar refractivity (Wildman–Crippen MR) is 90.4 cm³/mol. The van der Waals surface area contributed by atoms with Crippen LogP contribution < -0.4 is 15.4 Å². The van der Waals surface area contributed by atoms with Crippen LogP contribution in [0.25, 0.3) is 0 Å². The lowest BCUT2D eigenvalue weighted by Gasteiger charge is -2.25. The van der Waals surface area contributed by atoms with Crippen molar-refractivity contribution in [3.05, 3.63) is 30.3 Å². The lowest BCUT2D eigenvalue weighted by atomic mass is 9.96. The van der Waals surface area contributed by atoms with Crippen LogP contribution in [-0.2, 0) is 0 Å². The van der Waals surface area contributed by atoms with Gasteiger partial charge in [-0.2, -0.15) is 0 Å². The van der Waals surface area contributed by atoms with Gasteiger partial charge in [-0.05, 0) is 37.8 Å². The maximum absolute atomic E-state index is 5.70. The molecule has 0 radical (unpaired) electrons. The van der Waals surface area contributed by atoms with Gasteiger partial charge in [-0.15, -0.1) is 0 Å². The van der Waals surface area contributed by atoms with Crippen molar-refractivity contribution in [3.8, 4) is 5.75 Å². The zero-order valence-electron chi connectivity index (χ0n) is 13.3. The molecule has 2 N–H and O–H groups in total. The molecular formula is C18H27N3O. The summed E-state index contributed by atoms with van der Waals surface area (Å²) in [6, 6.07) is 11.2. The van der Waals surface area contributed by atoms with Crippen molar-refractivity contribution < 1.29 is 4.74 Å². The van der Waals surface area contributed by atoms with Crippen LogP contribution in [0.5, 0.6) is 5.75 Å². The molecule has 1 aromatic rings. The molecule has 4 nitrogen and oxygen atoms in total. The average molecular weight is 301 g/mol. The molecule has 0 spiro atoms. The van der Waals surface area contributed by atoms with Crippen molar-refractivity contribution in [1.29, 1.82) is 0 Å². The van der Waals surface area contributed by atoms with E-state index < -0.39 is 0 Å². The van der Waals surface area contributed by atoms with Crippen LogP contribution in [-0.4, -0.2) is 31.2 Å². The highest BCUT2D eigenvalue weighted by Crippen LogP contribution is 2.20. The smallest absolute Gasteiger partial charge is 0.191 e. The Balaban J connectivity index is 1.45. The normalized spacial score (nSPS) is 19.7. The van der Waals surface area contributed by atoms with Crippen molar-refractivity contribution in [2.24, 2.45) is 4.99 Å². The summed E-state index contributed by atoms with van der Waals surface area (Å²) in [5, 5.41) is 7.13. The lowest BCUT2D eigenvalue weighted by Crippen LogP contribution is -2.45. The Morgan fingerprint density at radius 2 is 1.64 bits per heavy atom. The second-order valence-corrected chi connectivity index (χ2v) is 6.29. The van der Waals surface area contributed by atoms with E-state index in [1.807, 2.05) is 30.3 Å². The molecule has 120 valence electrons. The summed E-state index contributed by atoms with van der Waals surface area (Å²) in [6.45, 7) is 1.30. The number of rotatable bonds is 6. The van der Waals surface area contributed by atoms with E-state index in [1.54, 1.807) is 0 Å². The molecule has 0 bridgehead atoms. The second-order valence-electron chi connectivity index (χ2n) is 6.29. The first-order valence-corrected chi connectivity index (χ1v) is 8.65. The quantitative estimate of drug-likeness (QED) is 0.482. The van der Waals surface area contributed by atoms with Gasteiger partial charge in [0.1, 0.15) is 12.4 Å². The van der Waals surface area contributed by atoms with Gasteiger partial charge in [0.2, 0.25) is 0 Å². The van der Waals surface area contributed by atoms with Crippen LogP contribution in [0.2, 0.25) is 0 Å². The Hall–Kier alpha value is -1.71. The molecule has 2 aliphatic rings. The maximum Gasteiger partial charge on any atom is 0.191 e. The number of nitrogens with one attached hydrogen (secondary N) is 2. The molecule has 1 aromatic carbocycles. The third-order valence-corrected chi connectivity index (χ3v) is 4.24. The van der Waals surface area contributed by atoms with E-state index in [1.165, 1.54) is 44.9 Å². The summed E-state index contributed by atoms with van der Waals surface area (Å²) in [6.07, 6.45) is 9.14. The Morgan fingerprint density at radius 3 is 2.32 bits per heavy atom. The van der Waals surface area contributed by atoms with Gasteiger partial charge in [0.15, 0.2) is 5.96 Å². The fraction of sp³-hybridized carbons (Fsp3) is 0.611. The fourth-order valence-electron chi connectivity index (χ4n) is 2.83. The van der Waals surface area contributed by atoms with Crippen molar-refractivity contribution in [2.45, 2.75) is 57.0 Å². The van der Waals surface area contributed by atoms with Crippen molar-refractivity contribution in [3.63, 3.8) is 0 Å². The first-order valence-electron chi connectivity index (χ1n) is 8.65. The van der Waals surface area contributed by atoms with Gasteiger partial charge in [0, 0.05) is 12.1 Å². The first-order chi connectivity index (χ1) is 10.9. The molecule has 0 heterocycles. The Morgan fingerprint density at radius 1 is 0.955 bits per heavy atom. The van der Waals surface area contributed by atoms with E-state index in [0.29, 0.717) is 25.2 Å². The Kier molecular flexibility index (Phi) is 5.57. The van der Waals surface area contributed by atoms with Crippen LogP contribution in [0.3, 0.4) is 0 Å². The van der Waals surface area contributed by atoms with Crippen LogP contribution in [0.15, 0.2) is 35.3 Å². The molecule has 0 atom stereocenters. The number of benzene rings is 1. The van der Waals surface area contributed by atoms with E-state index in [4.69, 9.17) is 4.74 Å². The minimum Gasteiger partial charge on any atom is -0.492 e. The molecule has 2 aliphatic carbocycles. The van der Waals surface area contributed by atoms with Gasteiger partial charge in [0.05, 0.1) is 6.54 Å². The number of guanidine groups is 1. The fourth-order valence-corrected chi connectivity index (χ4v) is 2.83. The molecule has 0 aromatic heterocycles. The van der Waals surface area contributed by atoms with Crippen LogP contribution >= 0.6 is 0 Å². The number of aliphatic imine (C=N–C) groups is 1. The number of para-hydroxylation sites is 1. The van der Waals surface area contributed by atoms with Gasteiger partial charge in [-0.1, -0.05) is 37.5 Å². The molecule has 2 fully saturated rings. The number of hydrogen-bond donors (Lipinski definition) is 2. The summed E-state index contributed by atoms with van der Waals surface area (Å²) in [5.41, 5.74) is 0. The van der Waals surface area contributed by atoms with Gasteiger partial charge >= 0.3 is 0 Å². The van der Waals surface area contributed by atoms with Crippen LogP contribution in [0, 0.1) is 0 Å². The summed E-state index contributed by atoms with van der Waals surface area (Å²) < 4.78 is 5.70. The van der Waals surface area contributed by atoms with E-state index in [2.05, 4.69) is 15.6 Å². The van der Waals surface area contributed by atoms with E-state index in [0.717, 1.165) is 11.7 Å². The van der Waals surface area contributed by atoms with Crippen LogP contribution in [0.1, 0.15) is 44.9 Å². The van der Waals surface area contributed by atoms with Crippen molar-refractivity contribution >= 4 is 5.96 Å². The number of nitrogens with zero attached hydrogens (tertiary/aromatic N) is 1. The van der Waals surface area contributed by atoms with Gasteiger partial charge in [-0.3, -0.25) is 0 Å². The SMILES string of the molecule is c1ccc(OCCN=C(NC2CCCCC2)NC2CC2)cc1. The molecule has 22 heavy (non-hydrogen) atoms. The standard InChI is InChI=1S/C18H27N3O/c1-3-7-15(8-4-1)20-18(21-16-11-12-16)19-13-14-22-17-9-5-2-6-10-17/h2,5-6,9-10,15-16H,1,3-4,7-8,11-14H2,(H2,19,20,21). The van der Waals surface area contributed by atoms with Gasteiger partial charge < -0.3 is 15.4 Å². The molecule has 0 saturated heterocycles. The minimum absolute atomic E-state index is 0.591. The highest BCUT2D eigenvalue weighted by atomic mass is 16.5. The third-order valence-electron chi connectivity index (χ3n) is 4.24. The molecule has 0 aliphatic heterocycles. The zero-order chi connectivity index (χ0) is 15.0. The topological polar surface area (TPSA) is 45.6 Å². The molecule has 3 rings (SSSR count). The molecule has 0 unspecified atom stereocenters. The highest BCUT2D eigenvalue weighted by Gasteiger charge is 2.23. The molecule has 0 amide bonds. The predicted octanol–water partition coefficient (Wildman–Crippen LogP) is 3.10. The van der Waals surface area contributed by atoms with Gasteiger partial charge in [0.25, 0.3) is 0 Å². The van der Waals surface area contributed by atoms with E-state index in [-0.39, 0.29) is 0 Å². The summed E-state index contributed by atoms with van der Waals surface area (Å²) in [5.74, 6) is 1.89. The molecule has 2 saturated carbocycles. The number of ether oxygens (including phenoxy) is 1. The third kappa shape index (κ3) is 5.24. The zero-order valence-corrected chi connectivity index (χ0v) is 13.3.